The summed E-state index contributed by atoms with van der Waals surface area (Å²) in [4.78, 5) is 18.6. The number of nitrogens with zero attached hydrogens (tertiary/aromatic N) is 3. The van der Waals surface area contributed by atoms with Crippen LogP contribution in [0.1, 0.15) is 11.1 Å². The molecule has 3 aromatic rings. The molecule has 0 amide bonds. The monoisotopic (exact) mass is 399 g/mol. The Kier molecular flexibility index (Phi) is 5.59. The molecule has 2 N–H and O–H groups in total. The van der Waals surface area contributed by atoms with Gasteiger partial charge in [0.05, 0.1) is 24.6 Å². The van der Waals surface area contributed by atoms with Gasteiger partial charge in [-0.1, -0.05) is 30.3 Å². The van der Waals surface area contributed by atoms with Crippen LogP contribution >= 0.6 is 0 Å². The first-order valence-electron chi connectivity index (χ1n) is 8.06. The molecule has 0 aliphatic heterocycles. The lowest BCUT2D eigenvalue weighted by Gasteiger charge is -2.08. The van der Waals surface area contributed by atoms with Gasteiger partial charge in [0.25, 0.3) is 5.56 Å². The van der Waals surface area contributed by atoms with Crippen LogP contribution in [0.2, 0.25) is 0 Å². The van der Waals surface area contributed by atoms with Gasteiger partial charge in [0.2, 0.25) is 5.95 Å². The Morgan fingerprint density at radius 1 is 1.24 bits per heavy atom. The number of methoxy groups -OCH3 is 1. The van der Waals surface area contributed by atoms with Crippen LogP contribution in [0.5, 0.6) is 5.75 Å². The van der Waals surface area contributed by atoms with E-state index in [9.17, 15) is 23.2 Å². The number of H-pyrrole nitrogens is 1. The Morgan fingerprint density at radius 2 is 1.97 bits per heavy atom. The van der Waals surface area contributed by atoms with E-state index in [1.807, 2.05) is 0 Å². The SMILES string of the molecule is COc1cc(F)c(F)c(F)c1C=NNc1nc(-c2ccccc2)c(C#N)c(=O)[nH]1. The normalized spacial score (nSPS) is 10.7. The number of anilines is 1. The average molecular weight is 399 g/mol. The smallest absolute Gasteiger partial charge is 0.270 e. The number of hydrogen-bond acceptors (Lipinski definition) is 6. The highest BCUT2D eigenvalue weighted by molar-refractivity contribution is 5.84. The lowest BCUT2D eigenvalue weighted by Crippen LogP contribution is -2.16. The summed E-state index contributed by atoms with van der Waals surface area (Å²) < 4.78 is 45.5. The highest BCUT2D eigenvalue weighted by atomic mass is 19.2. The first kappa shape index (κ1) is 19.6. The van der Waals surface area contributed by atoms with E-state index in [4.69, 9.17) is 4.74 Å². The molecular formula is C19H12F3N5O2. The Balaban J connectivity index is 1.97. The van der Waals surface area contributed by atoms with Crippen LogP contribution in [0.4, 0.5) is 19.1 Å². The van der Waals surface area contributed by atoms with Crippen molar-refractivity contribution in [1.29, 1.82) is 5.26 Å². The molecule has 0 aliphatic carbocycles. The van der Waals surface area contributed by atoms with E-state index in [0.717, 1.165) is 13.3 Å². The van der Waals surface area contributed by atoms with Crippen LogP contribution in [0.3, 0.4) is 0 Å². The number of halogens is 3. The van der Waals surface area contributed by atoms with Crippen molar-refractivity contribution in [3.8, 4) is 23.1 Å². The maximum Gasteiger partial charge on any atom is 0.270 e. The summed E-state index contributed by atoms with van der Waals surface area (Å²) in [5.74, 6) is -5.00. The molecule has 0 saturated heterocycles. The number of hydrogen-bond donors (Lipinski definition) is 2. The largest absolute Gasteiger partial charge is 0.496 e. The Bertz CT molecular complexity index is 1190. The number of nitriles is 1. The third kappa shape index (κ3) is 3.93. The Hall–Kier alpha value is -4.13. The van der Waals surface area contributed by atoms with Crippen molar-refractivity contribution in [3.63, 3.8) is 0 Å². The van der Waals surface area contributed by atoms with Crippen molar-refractivity contribution >= 4 is 12.2 Å². The predicted molar refractivity (Wildman–Crippen MR) is 99.1 cm³/mol. The van der Waals surface area contributed by atoms with Crippen LogP contribution in [-0.4, -0.2) is 23.3 Å². The fraction of sp³-hybridized carbons (Fsp3) is 0.0526. The third-order valence-corrected chi connectivity index (χ3v) is 3.82. The van der Waals surface area contributed by atoms with E-state index in [1.54, 1.807) is 36.4 Å². The molecule has 0 radical (unpaired) electrons. The fourth-order valence-corrected chi connectivity index (χ4v) is 2.47. The summed E-state index contributed by atoms with van der Waals surface area (Å²) >= 11 is 0. The van der Waals surface area contributed by atoms with E-state index in [2.05, 4.69) is 20.5 Å². The van der Waals surface area contributed by atoms with Gasteiger partial charge >= 0.3 is 0 Å². The molecule has 1 heterocycles. The Morgan fingerprint density at radius 3 is 2.62 bits per heavy atom. The lowest BCUT2D eigenvalue weighted by molar-refractivity contribution is 0.390. The molecule has 146 valence electrons. The number of nitrogens with one attached hydrogen (secondary N) is 2. The summed E-state index contributed by atoms with van der Waals surface area (Å²) in [6.45, 7) is 0. The lowest BCUT2D eigenvalue weighted by atomic mass is 10.1. The van der Waals surface area contributed by atoms with Crippen LogP contribution < -0.4 is 15.7 Å². The minimum Gasteiger partial charge on any atom is -0.496 e. The van der Waals surface area contributed by atoms with Gasteiger partial charge in [0.1, 0.15) is 17.4 Å². The van der Waals surface area contributed by atoms with E-state index in [0.29, 0.717) is 11.6 Å². The zero-order valence-corrected chi connectivity index (χ0v) is 14.8. The molecule has 10 heteroatoms. The number of benzene rings is 2. The van der Waals surface area contributed by atoms with E-state index >= 15 is 0 Å². The molecule has 0 fully saturated rings. The molecule has 0 atom stereocenters. The van der Waals surface area contributed by atoms with Gasteiger partial charge in [-0.3, -0.25) is 9.78 Å². The maximum atomic E-state index is 14.0. The molecule has 0 spiro atoms. The highest BCUT2D eigenvalue weighted by Crippen LogP contribution is 2.25. The minimum absolute atomic E-state index is 0.117. The van der Waals surface area contributed by atoms with E-state index < -0.39 is 28.6 Å². The van der Waals surface area contributed by atoms with Crippen molar-refractivity contribution < 1.29 is 17.9 Å². The van der Waals surface area contributed by atoms with Crippen LogP contribution in [0, 0.1) is 28.8 Å². The van der Waals surface area contributed by atoms with Crippen LogP contribution in [0.25, 0.3) is 11.3 Å². The first-order chi connectivity index (χ1) is 14.0. The molecule has 0 aliphatic rings. The van der Waals surface area contributed by atoms with E-state index in [1.165, 1.54) is 0 Å². The number of aromatic nitrogens is 2. The highest BCUT2D eigenvalue weighted by Gasteiger charge is 2.18. The number of rotatable bonds is 5. The molecule has 2 aromatic carbocycles. The standard InChI is InChI=1S/C19H12F3N5O2/c1-29-14-7-13(20)16(22)15(21)12(14)9-24-27-19-25-17(10-5-3-2-4-6-10)11(8-23)18(28)26-19/h2-7,9H,1H3,(H2,25,26,27,28). The summed E-state index contributed by atoms with van der Waals surface area (Å²) in [5, 5.41) is 12.9. The zero-order chi connectivity index (χ0) is 21.0. The Labute approximate surface area is 162 Å². The van der Waals surface area contributed by atoms with Gasteiger partial charge in [-0.05, 0) is 0 Å². The summed E-state index contributed by atoms with van der Waals surface area (Å²) in [6.07, 6.45) is 0.844. The quantitative estimate of drug-likeness (QED) is 0.390. The van der Waals surface area contributed by atoms with Gasteiger partial charge in [-0.25, -0.2) is 23.6 Å². The molecule has 0 bridgehead atoms. The molecule has 29 heavy (non-hydrogen) atoms. The van der Waals surface area contributed by atoms with Crippen molar-refractivity contribution in [2.45, 2.75) is 0 Å². The maximum absolute atomic E-state index is 14.0. The van der Waals surface area contributed by atoms with Crippen LogP contribution in [0.15, 0.2) is 46.3 Å². The summed E-state index contributed by atoms with van der Waals surface area (Å²) in [6, 6.07) is 11.0. The second-order valence-electron chi connectivity index (χ2n) is 5.59. The van der Waals surface area contributed by atoms with E-state index in [-0.39, 0.29) is 23.0 Å². The molecule has 1 aromatic heterocycles. The third-order valence-electron chi connectivity index (χ3n) is 3.82. The molecule has 0 unspecified atom stereocenters. The second-order valence-corrected chi connectivity index (χ2v) is 5.59. The molecule has 0 saturated carbocycles. The van der Waals surface area contributed by atoms with Gasteiger partial charge < -0.3 is 4.74 Å². The van der Waals surface area contributed by atoms with Gasteiger partial charge in [0, 0.05) is 11.6 Å². The van der Waals surface area contributed by atoms with Crippen molar-refractivity contribution in [3.05, 3.63) is 75.3 Å². The summed E-state index contributed by atoms with van der Waals surface area (Å²) in [5.41, 5.74) is 1.65. The average Bonchev–Trinajstić information content (AvgIpc) is 2.73. The molecule has 7 nitrogen and oxygen atoms in total. The first-order valence-corrected chi connectivity index (χ1v) is 8.06. The number of hydrazone groups is 1. The summed E-state index contributed by atoms with van der Waals surface area (Å²) in [7, 11) is 1.16. The zero-order valence-electron chi connectivity index (χ0n) is 14.8. The molecule has 3 rings (SSSR count). The predicted octanol–water partition coefficient (Wildman–Crippen LogP) is 3.18. The van der Waals surface area contributed by atoms with Crippen molar-refractivity contribution in [1.82, 2.24) is 9.97 Å². The second kappa shape index (κ2) is 8.26. The number of ether oxygens (including phenoxy) is 1. The van der Waals surface area contributed by atoms with Crippen LogP contribution in [-0.2, 0) is 0 Å². The van der Waals surface area contributed by atoms with Gasteiger partial charge in [0.15, 0.2) is 17.5 Å². The topological polar surface area (TPSA) is 103 Å². The van der Waals surface area contributed by atoms with Gasteiger partial charge in [-0.2, -0.15) is 10.4 Å². The minimum atomic E-state index is -1.68. The number of aromatic amines is 1. The molecular weight excluding hydrogens is 387 g/mol. The van der Waals surface area contributed by atoms with Gasteiger partial charge in [-0.15, -0.1) is 0 Å². The van der Waals surface area contributed by atoms with Crippen molar-refractivity contribution in [2.75, 3.05) is 12.5 Å². The van der Waals surface area contributed by atoms with Crippen molar-refractivity contribution in [2.24, 2.45) is 5.10 Å². The fourth-order valence-electron chi connectivity index (χ4n) is 2.47.